The molecule has 6 nitrogen and oxygen atoms in total. The molecule has 0 saturated heterocycles. The van der Waals surface area contributed by atoms with E-state index in [2.05, 4.69) is 10.6 Å². The molecule has 0 fully saturated rings. The van der Waals surface area contributed by atoms with Crippen LogP contribution in [-0.2, 0) is 17.6 Å². The van der Waals surface area contributed by atoms with Crippen molar-refractivity contribution in [2.45, 2.75) is 44.9 Å². The summed E-state index contributed by atoms with van der Waals surface area (Å²) in [5.74, 6) is -0.398. The van der Waals surface area contributed by atoms with Gasteiger partial charge in [-0.25, -0.2) is 0 Å². The van der Waals surface area contributed by atoms with Crippen molar-refractivity contribution in [2.24, 2.45) is 0 Å². The van der Waals surface area contributed by atoms with E-state index in [9.17, 15) is 19.5 Å². The molecule has 30 heavy (non-hydrogen) atoms. The number of carbonyl (C=O) groups is 3. The molecule has 2 aromatic rings. The minimum absolute atomic E-state index is 0.00287. The van der Waals surface area contributed by atoms with E-state index >= 15 is 0 Å². The third kappa shape index (κ3) is 6.17. The van der Waals surface area contributed by atoms with E-state index in [1.807, 2.05) is 18.2 Å². The highest BCUT2D eigenvalue weighted by atomic mass is 16.3. The van der Waals surface area contributed by atoms with Crippen LogP contribution in [0.2, 0.25) is 0 Å². The monoisotopic (exact) mass is 408 g/mol. The maximum Gasteiger partial charge on any atom is 0.251 e. The topological polar surface area (TPSA) is 95.5 Å². The van der Waals surface area contributed by atoms with Crippen LogP contribution in [0.5, 0.6) is 5.75 Å². The largest absolute Gasteiger partial charge is 0.508 e. The maximum atomic E-state index is 12.4. The number of aryl methyl sites for hydroxylation is 2. The SMILES string of the molecule is O=C(CCC(=O)c1ccc2c(c1)CCCC2)NCCCNC(=O)c1cccc(O)c1. The van der Waals surface area contributed by atoms with Crippen molar-refractivity contribution >= 4 is 17.6 Å². The van der Waals surface area contributed by atoms with E-state index in [0.717, 1.165) is 12.8 Å². The van der Waals surface area contributed by atoms with Gasteiger partial charge in [-0.05, 0) is 67.5 Å². The zero-order valence-electron chi connectivity index (χ0n) is 17.1. The maximum absolute atomic E-state index is 12.4. The third-order valence-electron chi connectivity index (χ3n) is 5.32. The van der Waals surface area contributed by atoms with Crippen LogP contribution < -0.4 is 10.6 Å². The molecule has 0 unspecified atom stereocenters. The van der Waals surface area contributed by atoms with E-state index in [1.165, 1.54) is 36.1 Å². The lowest BCUT2D eigenvalue weighted by Gasteiger charge is -2.16. The van der Waals surface area contributed by atoms with Gasteiger partial charge in [0.15, 0.2) is 5.78 Å². The fraction of sp³-hybridized carbons (Fsp3) is 0.375. The number of phenols is 1. The van der Waals surface area contributed by atoms with Crippen LogP contribution in [0.25, 0.3) is 0 Å². The second kappa shape index (κ2) is 10.6. The Hall–Kier alpha value is -3.15. The van der Waals surface area contributed by atoms with Gasteiger partial charge in [0, 0.05) is 37.1 Å². The molecular formula is C24H28N2O4. The summed E-state index contributed by atoms with van der Waals surface area (Å²) in [4.78, 5) is 36.3. The molecule has 0 atom stereocenters. The Balaban J connectivity index is 1.32. The molecule has 6 heteroatoms. The van der Waals surface area contributed by atoms with Gasteiger partial charge in [-0.1, -0.05) is 18.2 Å². The number of hydrogen-bond acceptors (Lipinski definition) is 4. The highest BCUT2D eigenvalue weighted by Crippen LogP contribution is 2.23. The fourth-order valence-electron chi connectivity index (χ4n) is 3.63. The fourth-order valence-corrected chi connectivity index (χ4v) is 3.63. The molecule has 0 spiro atoms. The van der Waals surface area contributed by atoms with E-state index < -0.39 is 0 Å². The lowest BCUT2D eigenvalue weighted by molar-refractivity contribution is -0.121. The Morgan fingerprint density at radius 1 is 0.833 bits per heavy atom. The number of nitrogens with one attached hydrogen (secondary N) is 2. The number of Topliss-reactive ketones (excluding diaryl/α,β-unsaturated/α-hetero) is 1. The van der Waals surface area contributed by atoms with Crippen molar-refractivity contribution in [1.29, 1.82) is 0 Å². The number of hydrogen-bond donors (Lipinski definition) is 3. The Morgan fingerprint density at radius 2 is 1.60 bits per heavy atom. The van der Waals surface area contributed by atoms with Gasteiger partial charge >= 0.3 is 0 Å². The zero-order valence-corrected chi connectivity index (χ0v) is 17.1. The number of carbonyl (C=O) groups excluding carboxylic acids is 3. The number of aromatic hydroxyl groups is 1. The van der Waals surface area contributed by atoms with Gasteiger partial charge in [0.25, 0.3) is 5.91 Å². The quantitative estimate of drug-likeness (QED) is 0.439. The van der Waals surface area contributed by atoms with Crippen molar-refractivity contribution in [3.8, 4) is 5.75 Å². The summed E-state index contributed by atoms with van der Waals surface area (Å²) >= 11 is 0. The molecule has 2 aromatic carbocycles. The Morgan fingerprint density at radius 3 is 2.40 bits per heavy atom. The average Bonchev–Trinajstić information content (AvgIpc) is 2.76. The van der Waals surface area contributed by atoms with Crippen LogP contribution in [0, 0.1) is 0 Å². The molecule has 3 N–H and O–H groups in total. The van der Waals surface area contributed by atoms with E-state index in [1.54, 1.807) is 12.1 Å². The summed E-state index contributed by atoms with van der Waals surface area (Å²) in [5, 5.41) is 14.9. The predicted molar refractivity (Wildman–Crippen MR) is 115 cm³/mol. The first-order chi connectivity index (χ1) is 14.5. The zero-order chi connectivity index (χ0) is 21.3. The minimum Gasteiger partial charge on any atom is -0.508 e. The van der Waals surface area contributed by atoms with Gasteiger partial charge in [-0.2, -0.15) is 0 Å². The summed E-state index contributed by atoms with van der Waals surface area (Å²) in [7, 11) is 0. The van der Waals surface area contributed by atoms with Crippen molar-refractivity contribution in [1.82, 2.24) is 10.6 Å². The number of phenolic OH excluding ortho intramolecular Hbond substituents is 1. The molecule has 0 radical (unpaired) electrons. The summed E-state index contributed by atoms with van der Waals surface area (Å²) in [6.07, 6.45) is 5.42. The van der Waals surface area contributed by atoms with Gasteiger partial charge in [-0.3, -0.25) is 14.4 Å². The van der Waals surface area contributed by atoms with Crippen molar-refractivity contribution in [2.75, 3.05) is 13.1 Å². The standard InChI is InChI=1S/C24H28N2O4/c27-21-8-3-7-20(16-21)24(30)26-14-4-13-25-23(29)12-11-22(28)19-10-9-17-5-1-2-6-18(17)15-19/h3,7-10,15-16,27H,1-2,4-6,11-14H2,(H,25,29)(H,26,30). The molecule has 158 valence electrons. The molecule has 0 aliphatic heterocycles. The smallest absolute Gasteiger partial charge is 0.251 e. The highest BCUT2D eigenvalue weighted by Gasteiger charge is 2.14. The Kier molecular flexibility index (Phi) is 7.60. The lowest BCUT2D eigenvalue weighted by atomic mass is 9.89. The summed E-state index contributed by atoms with van der Waals surface area (Å²) in [6.45, 7) is 0.828. The molecule has 2 amide bonds. The Labute approximate surface area is 176 Å². The number of amides is 2. The van der Waals surface area contributed by atoms with Crippen LogP contribution >= 0.6 is 0 Å². The van der Waals surface area contributed by atoms with Gasteiger partial charge in [0.2, 0.25) is 5.91 Å². The first-order valence-electron chi connectivity index (χ1n) is 10.5. The van der Waals surface area contributed by atoms with Crippen LogP contribution in [-0.4, -0.2) is 35.8 Å². The summed E-state index contributed by atoms with van der Waals surface area (Å²) in [6, 6.07) is 12.0. The molecule has 0 heterocycles. The molecule has 0 aromatic heterocycles. The van der Waals surface area contributed by atoms with Crippen molar-refractivity contribution < 1.29 is 19.5 Å². The summed E-state index contributed by atoms with van der Waals surface area (Å²) < 4.78 is 0. The van der Waals surface area contributed by atoms with Crippen LogP contribution in [0.4, 0.5) is 0 Å². The second-order valence-corrected chi connectivity index (χ2v) is 7.62. The number of rotatable bonds is 9. The predicted octanol–water partition coefficient (Wildman–Crippen LogP) is 3.17. The van der Waals surface area contributed by atoms with Gasteiger partial charge in [0.1, 0.15) is 5.75 Å². The summed E-state index contributed by atoms with van der Waals surface area (Å²) in [5.41, 5.74) is 3.69. The van der Waals surface area contributed by atoms with Crippen LogP contribution in [0.3, 0.4) is 0 Å². The molecule has 1 aliphatic carbocycles. The first kappa shape index (κ1) is 21.6. The minimum atomic E-state index is -0.270. The Bertz CT molecular complexity index is 923. The first-order valence-corrected chi connectivity index (χ1v) is 10.5. The number of ketones is 1. The molecular weight excluding hydrogens is 380 g/mol. The number of benzene rings is 2. The average molecular weight is 408 g/mol. The molecule has 0 bridgehead atoms. The number of fused-ring (bicyclic) bond motifs is 1. The highest BCUT2D eigenvalue weighted by molar-refractivity contribution is 5.98. The van der Waals surface area contributed by atoms with Crippen molar-refractivity contribution in [3.63, 3.8) is 0 Å². The second-order valence-electron chi connectivity index (χ2n) is 7.62. The third-order valence-corrected chi connectivity index (χ3v) is 5.32. The van der Waals surface area contributed by atoms with E-state index in [4.69, 9.17) is 0 Å². The van der Waals surface area contributed by atoms with E-state index in [0.29, 0.717) is 30.6 Å². The van der Waals surface area contributed by atoms with Gasteiger partial charge in [-0.15, -0.1) is 0 Å². The van der Waals surface area contributed by atoms with Crippen molar-refractivity contribution in [3.05, 3.63) is 64.7 Å². The molecule has 3 rings (SSSR count). The van der Waals surface area contributed by atoms with Gasteiger partial charge < -0.3 is 15.7 Å². The molecule has 1 aliphatic rings. The van der Waals surface area contributed by atoms with Crippen LogP contribution in [0.1, 0.15) is 63.9 Å². The van der Waals surface area contributed by atoms with Crippen LogP contribution in [0.15, 0.2) is 42.5 Å². The van der Waals surface area contributed by atoms with E-state index in [-0.39, 0.29) is 36.2 Å². The molecule has 0 saturated carbocycles. The lowest BCUT2D eigenvalue weighted by Crippen LogP contribution is -2.30. The normalized spacial score (nSPS) is 12.7. The van der Waals surface area contributed by atoms with Gasteiger partial charge in [0.05, 0.1) is 0 Å².